The summed E-state index contributed by atoms with van der Waals surface area (Å²) in [6.45, 7) is 1.28. The van der Waals surface area contributed by atoms with Crippen molar-refractivity contribution in [2.45, 2.75) is 25.2 Å². The number of alkyl halides is 6. The molecule has 0 saturated carbocycles. The van der Waals surface area contributed by atoms with Gasteiger partial charge in [0.25, 0.3) is 0 Å². The van der Waals surface area contributed by atoms with E-state index in [1.54, 1.807) is 0 Å². The van der Waals surface area contributed by atoms with Crippen LogP contribution in [0.2, 0.25) is 10.0 Å². The SMILES string of the molecule is Cc1ccc(/C=C/C(c2cc(Cl)cc(Cl)c2)C(F)(F)F)cc1C(F)(F)F. The second-order valence-corrected chi connectivity index (χ2v) is 6.53. The van der Waals surface area contributed by atoms with Crippen molar-refractivity contribution in [3.8, 4) is 0 Å². The van der Waals surface area contributed by atoms with Gasteiger partial charge in [-0.25, -0.2) is 0 Å². The highest BCUT2D eigenvalue weighted by atomic mass is 35.5. The summed E-state index contributed by atoms with van der Waals surface area (Å²) in [4.78, 5) is 0. The fourth-order valence-electron chi connectivity index (χ4n) is 2.42. The Hall–Kier alpha value is -1.66. The van der Waals surface area contributed by atoms with E-state index in [9.17, 15) is 26.3 Å². The van der Waals surface area contributed by atoms with Crippen LogP contribution in [0.4, 0.5) is 26.3 Å². The van der Waals surface area contributed by atoms with Crippen molar-refractivity contribution in [3.05, 3.63) is 74.8 Å². The lowest BCUT2D eigenvalue weighted by atomic mass is 9.96. The molecule has 0 aromatic heterocycles. The fourth-order valence-corrected chi connectivity index (χ4v) is 2.96. The third-order valence-electron chi connectivity index (χ3n) is 3.64. The molecule has 0 aliphatic rings. The Kier molecular flexibility index (Phi) is 5.98. The molecule has 0 radical (unpaired) electrons. The van der Waals surface area contributed by atoms with E-state index in [0.29, 0.717) is 0 Å². The van der Waals surface area contributed by atoms with E-state index in [-0.39, 0.29) is 26.7 Å². The number of allylic oxidation sites excluding steroid dienone is 1. The molecule has 1 atom stereocenters. The molecule has 8 heteroatoms. The predicted octanol–water partition coefficient (Wildman–Crippen LogP) is 7.68. The van der Waals surface area contributed by atoms with Crippen LogP contribution in [0.3, 0.4) is 0 Å². The van der Waals surface area contributed by atoms with E-state index in [2.05, 4.69) is 0 Å². The first kappa shape index (κ1) is 20.6. The van der Waals surface area contributed by atoms with Crippen molar-refractivity contribution in [1.29, 1.82) is 0 Å². The van der Waals surface area contributed by atoms with Crippen molar-refractivity contribution in [2.24, 2.45) is 0 Å². The summed E-state index contributed by atoms with van der Waals surface area (Å²) in [6, 6.07) is 6.86. The molecule has 2 aromatic rings. The molecule has 2 aromatic carbocycles. The van der Waals surface area contributed by atoms with Crippen LogP contribution in [-0.2, 0) is 6.18 Å². The molecule has 0 fully saturated rings. The lowest BCUT2D eigenvalue weighted by molar-refractivity contribution is -0.139. The Bertz CT molecular complexity index is 801. The van der Waals surface area contributed by atoms with Crippen molar-refractivity contribution < 1.29 is 26.3 Å². The van der Waals surface area contributed by atoms with Gasteiger partial charge in [0.15, 0.2) is 0 Å². The van der Waals surface area contributed by atoms with E-state index in [1.807, 2.05) is 0 Å². The van der Waals surface area contributed by atoms with Gasteiger partial charge in [0.2, 0.25) is 0 Å². The monoisotopic (exact) mass is 412 g/mol. The molecule has 0 spiro atoms. The zero-order valence-corrected chi connectivity index (χ0v) is 14.7. The van der Waals surface area contributed by atoms with Crippen LogP contribution >= 0.6 is 23.2 Å². The maximum Gasteiger partial charge on any atom is 0.416 e. The van der Waals surface area contributed by atoms with Crippen LogP contribution in [0.5, 0.6) is 0 Å². The number of benzene rings is 2. The summed E-state index contributed by atoms with van der Waals surface area (Å²) in [5.41, 5.74) is -1.10. The van der Waals surface area contributed by atoms with Crippen molar-refractivity contribution in [2.75, 3.05) is 0 Å². The first-order valence-corrected chi connectivity index (χ1v) is 8.02. The van der Waals surface area contributed by atoms with Gasteiger partial charge < -0.3 is 0 Å². The highest BCUT2D eigenvalue weighted by Gasteiger charge is 2.39. The molecule has 0 bridgehead atoms. The van der Waals surface area contributed by atoms with Crippen molar-refractivity contribution in [1.82, 2.24) is 0 Å². The molecule has 0 aliphatic heterocycles. The molecule has 0 heterocycles. The molecule has 0 amide bonds. The van der Waals surface area contributed by atoms with Gasteiger partial charge in [0.1, 0.15) is 0 Å². The fraction of sp³-hybridized carbons (Fsp3) is 0.222. The Balaban J connectivity index is 2.44. The van der Waals surface area contributed by atoms with E-state index in [0.717, 1.165) is 30.4 Å². The zero-order chi connectivity index (χ0) is 19.7. The minimum atomic E-state index is -4.66. The van der Waals surface area contributed by atoms with Gasteiger partial charge in [0.05, 0.1) is 11.5 Å². The van der Waals surface area contributed by atoms with E-state index < -0.39 is 23.8 Å². The minimum absolute atomic E-state index is 0.00491. The van der Waals surface area contributed by atoms with Gasteiger partial charge in [-0.1, -0.05) is 47.5 Å². The van der Waals surface area contributed by atoms with Gasteiger partial charge in [-0.2, -0.15) is 26.3 Å². The van der Waals surface area contributed by atoms with Crippen LogP contribution in [-0.4, -0.2) is 6.18 Å². The van der Waals surface area contributed by atoms with Crippen molar-refractivity contribution >= 4 is 29.3 Å². The average molecular weight is 413 g/mol. The molecule has 0 nitrogen and oxygen atoms in total. The summed E-state index contributed by atoms with van der Waals surface area (Å²) in [7, 11) is 0. The Labute approximate surface area is 156 Å². The van der Waals surface area contributed by atoms with Crippen LogP contribution in [0.25, 0.3) is 6.08 Å². The standard InChI is InChI=1S/C18H12Cl2F6/c1-10-2-3-11(6-16(10)18(24,25)26)4-5-15(17(21,22)23)12-7-13(19)9-14(20)8-12/h2-9,15H,1H3/b5-4+. The maximum absolute atomic E-state index is 13.4. The lowest BCUT2D eigenvalue weighted by Gasteiger charge is -2.18. The molecule has 2 rings (SSSR count). The quantitative estimate of drug-likeness (QED) is 0.453. The lowest BCUT2D eigenvalue weighted by Crippen LogP contribution is -2.19. The van der Waals surface area contributed by atoms with Crippen LogP contribution < -0.4 is 0 Å². The zero-order valence-electron chi connectivity index (χ0n) is 13.2. The molecule has 0 N–H and O–H groups in total. The minimum Gasteiger partial charge on any atom is -0.170 e. The van der Waals surface area contributed by atoms with Gasteiger partial charge in [-0.05, 0) is 47.9 Å². The first-order valence-electron chi connectivity index (χ1n) is 7.26. The van der Waals surface area contributed by atoms with Crippen LogP contribution in [0.1, 0.15) is 28.2 Å². The summed E-state index contributed by atoms with van der Waals surface area (Å²) in [6.07, 6.45) is -7.46. The highest BCUT2D eigenvalue weighted by molar-refractivity contribution is 6.34. The van der Waals surface area contributed by atoms with Crippen molar-refractivity contribution in [3.63, 3.8) is 0 Å². The van der Waals surface area contributed by atoms with E-state index in [1.165, 1.54) is 25.1 Å². The first-order chi connectivity index (χ1) is 11.9. The Morgan fingerprint density at radius 3 is 1.96 bits per heavy atom. The van der Waals surface area contributed by atoms with E-state index >= 15 is 0 Å². The second-order valence-electron chi connectivity index (χ2n) is 5.65. The predicted molar refractivity (Wildman–Crippen MR) is 90.5 cm³/mol. The maximum atomic E-state index is 13.4. The number of rotatable bonds is 3. The molecule has 1 unspecified atom stereocenters. The number of halogens is 8. The topological polar surface area (TPSA) is 0 Å². The average Bonchev–Trinajstić information content (AvgIpc) is 2.45. The van der Waals surface area contributed by atoms with Gasteiger partial charge in [-0.3, -0.25) is 0 Å². The Morgan fingerprint density at radius 1 is 0.885 bits per heavy atom. The summed E-state index contributed by atoms with van der Waals surface area (Å²) in [5.74, 6) is -2.06. The number of hydrogen-bond acceptors (Lipinski definition) is 0. The summed E-state index contributed by atoms with van der Waals surface area (Å²) >= 11 is 11.5. The normalized spacial score (nSPS) is 14.0. The highest BCUT2D eigenvalue weighted by Crippen LogP contribution is 2.39. The summed E-state index contributed by atoms with van der Waals surface area (Å²) < 4.78 is 79.0. The largest absolute Gasteiger partial charge is 0.416 e. The van der Waals surface area contributed by atoms with Gasteiger partial charge in [-0.15, -0.1) is 0 Å². The van der Waals surface area contributed by atoms with Gasteiger partial charge in [0, 0.05) is 10.0 Å². The molecule has 0 aliphatic carbocycles. The second kappa shape index (κ2) is 7.53. The van der Waals surface area contributed by atoms with E-state index in [4.69, 9.17) is 23.2 Å². The molecular weight excluding hydrogens is 401 g/mol. The molecule has 26 heavy (non-hydrogen) atoms. The number of aryl methyl sites for hydroxylation is 1. The Morgan fingerprint density at radius 2 is 1.46 bits per heavy atom. The number of hydrogen-bond donors (Lipinski definition) is 0. The third kappa shape index (κ3) is 5.17. The molecule has 0 saturated heterocycles. The van der Waals surface area contributed by atoms with Gasteiger partial charge >= 0.3 is 12.4 Å². The third-order valence-corrected chi connectivity index (χ3v) is 4.08. The van der Waals surface area contributed by atoms with Crippen LogP contribution in [0, 0.1) is 6.92 Å². The molecular formula is C18H12Cl2F6. The van der Waals surface area contributed by atoms with Crippen LogP contribution in [0.15, 0.2) is 42.5 Å². The molecule has 140 valence electrons. The summed E-state index contributed by atoms with van der Waals surface area (Å²) in [5, 5.41) is 0.0645. The smallest absolute Gasteiger partial charge is 0.170 e.